The van der Waals surface area contributed by atoms with Gasteiger partial charge in [0.2, 0.25) is 5.91 Å². The number of benzene rings is 2. The quantitative estimate of drug-likeness (QED) is 0.705. The lowest BCUT2D eigenvalue weighted by molar-refractivity contribution is -0.132. The maximum atomic E-state index is 13.4. The van der Waals surface area contributed by atoms with Crippen LogP contribution in [0.2, 0.25) is 0 Å². The van der Waals surface area contributed by atoms with Gasteiger partial charge < -0.3 is 9.64 Å². The summed E-state index contributed by atoms with van der Waals surface area (Å²) < 4.78 is 19.1. The minimum absolute atomic E-state index is 0.0897. The molecular formula is C23H28FNO2. The Labute approximate surface area is 161 Å². The Hall–Kier alpha value is -2.36. The molecule has 1 aliphatic rings. The van der Waals surface area contributed by atoms with Gasteiger partial charge >= 0.3 is 0 Å². The van der Waals surface area contributed by atoms with Crippen LogP contribution in [0.1, 0.15) is 56.6 Å². The zero-order valence-corrected chi connectivity index (χ0v) is 16.2. The molecule has 4 heteroatoms. The van der Waals surface area contributed by atoms with Gasteiger partial charge in [0.05, 0.1) is 6.10 Å². The summed E-state index contributed by atoms with van der Waals surface area (Å²) in [6.07, 6.45) is 3.87. The van der Waals surface area contributed by atoms with Gasteiger partial charge in [0.15, 0.2) is 0 Å². The van der Waals surface area contributed by atoms with Gasteiger partial charge in [-0.15, -0.1) is 0 Å². The summed E-state index contributed by atoms with van der Waals surface area (Å²) >= 11 is 0. The molecule has 27 heavy (non-hydrogen) atoms. The van der Waals surface area contributed by atoms with E-state index in [2.05, 4.69) is 0 Å². The van der Waals surface area contributed by atoms with Gasteiger partial charge in [-0.2, -0.15) is 0 Å². The van der Waals surface area contributed by atoms with Crippen LogP contribution >= 0.6 is 0 Å². The maximum absolute atomic E-state index is 13.4. The van der Waals surface area contributed by atoms with Crippen molar-refractivity contribution >= 4 is 5.91 Å². The number of rotatable bonds is 6. The number of hydrogen-bond acceptors (Lipinski definition) is 2. The fourth-order valence-electron chi connectivity index (χ4n) is 3.62. The van der Waals surface area contributed by atoms with E-state index < -0.39 is 0 Å². The molecule has 3 nitrogen and oxygen atoms in total. The number of carbonyl (C=O) groups excluding carboxylic acids is 1. The molecule has 2 aromatic carbocycles. The van der Waals surface area contributed by atoms with E-state index in [1.54, 1.807) is 12.1 Å². The van der Waals surface area contributed by atoms with Crippen molar-refractivity contribution in [2.45, 2.75) is 51.6 Å². The van der Waals surface area contributed by atoms with Crippen molar-refractivity contribution < 1.29 is 13.9 Å². The van der Waals surface area contributed by atoms with Crippen molar-refractivity contribution in [3.63, 3.8) is 0 Å². The first-order valence-electron chi connectivity index (χ1n) is 9.83. The Balaban J connectivity index is 1.83. The van der Waals surface area contributed by atoms with Crippen LogP contribution in [-0.4, -0.2) is 30.0 Å². The molecule has 1 amide bonds. The van der Waals surface area contributed by atoms with Crippen molar-refractivity contribution in [1.29, 1.82) is 0 Å². The molecule has 0 N–H and O–H groups in total. The minimum atomic E-state index is -0.263. The lowest BCUT2D eigenvalue weighted by Gasteiger charge is -2.29. The third kappa shape index (κ3) is 5.31. The molecule has 0 radical (unpaired) electrons. The Bertz CT molecular complexity index is 734. The second-order valence-electron chi connectivity index (χ2n) is 7.49. The number of nitrogens with zero attached hydrogens (tertiary/aromatic N) is 1. The standard InChI is InChI=1S/C23H28FNO2/c1-17(2)27-21-12-8-19(9-13-21)22(18-6-10-20(24)11-7-18)16-23(26)25-14-4-3-5-15-25/h6-13,17,22H,3-5,14-16H2,1-2H3/t22-/m1/s1. The van der Waals surface area contributed by atoms with E-state index in [-0.39, 0.29) is 23.7 Å². The molecule has 0 unspecified atom stereocenters. The number of likely N-dealkylation sites (tertiary alicyclic amines) is 1. The van der Waals surface area contributed by atoms with Crippen LogP contribution in [0.4, 0.5) is 4.39 Å². The lowest BCUT2D eigenvalue weighted by atomic mass is 9.88. The van der Waals surface area contributed by atoms with Crippen LogP contribution < -0.4 is 4.74 Å². The molecule has 0 saturated carbocycles. The highest BCUT2D eigenvalue weighted by atomic mass is 19.1. The largest absolute Gasteiger partial charge is 0.491 e. The highest BCUT2D eigenvalue weighted by Crippen LogP contribution is 2.31. The summed E-state index contributed by atoms with van der Waals surface area (Å²) in [5, 5.41) is 0. The molecule has 1 fully saturated rings. The Morgan fingerprint density at radius 3 is 2.07 bits per heavy atom. The fourth-order valence-corrected chi connectivity index (χ4v) is 3.62. The lowest BCUT2D eigenvalue weighted by Crippen LogP contribution is -2.36. The normalized spacial score (nSPS) is 15.6. The first-order chi connectivity index (χ1) is 13.0. The van der Waals surface area contributed by atoms with Gasteiger partial charge in [-0.25, -0.2) is 4.39 Å². The van der Waals surface area contributed by atoms with Crippen molar-refractivity contribution in [2.24, 2.45) is 0 Å². The van der Waals surface area contributed by atoms with Crippen molar-refractivity contribution in [3.8, 4) is 5.75 Å². The molecule has 3 rings (SSSR count). The molecule has 0 spiro atoms. The van der Waals surface area contributed by atoms with Gasteiger partial charge in [-0.3, -0.25) is 4.79 Å². The first-order valence-corrected chi connectivity index (χ1v) is 9.83. The summed E-state index contributed by atoms with van der Waals surface area (Å²) in [4.78, 5) is 14.8. The van der Waals surface area contributed by atoms with Crippen LogP contribution in [0.25, 0.3) is 0 Å². The van der Waals surface area contributed by atoms with Gasteiger partial charge in [-0.05, 0) is 68.5 Å². The third-order valence-corrected chi connectivity index (χ3v) is 5.01. The van der Waals surface area contributed by atoms with Crippen molar-refractivity contribution in [3.05, 3.63) is 65.5 Å². The predicted octanol–water partition coefficient (Wildman–Crippen LogP) is 5.15. The van der Waals surface area contributed by atoms with Gasteiger partial charge in [0, 0.05) is 25.4 Å². The molecule has 0 bridgehead atoms. The van der Waals surface area contributed by atoms with E-state index in [0.29, 0.717) is 6.42 Å². The number of amides is 1. The van der Waals surface area contributed by atoms with E-state index >= 15 is 0 Å². The summed E-state index contributed by atoms with van der Waals surface area (Å²) in [6.45, 7) is 5.67. The molecule has 144 valence electrons. The molecular weight excluding hydrogens is 341 g/mol. The fraction of sp³-hybridized carbons (Fsp3) is 0.435. The number of piperidine rings is 1. The Kier molecular flexibility index (Phi) is 6.49. The summed E-state index contributed by atoms with van der Waals surface area (Å²) in [7, 11) is 0. The number of hydrogen-bond donors (Lipinski definition) is 0. The zero-order valence-electron chi connectivity index (χ0n) is 16.2. The average Bonchev–Trinajstić information content (AvgIpc) is 2.68. The molecule has 0 aliphatic carbocycles. The van der Waals surface area contributed by atoms with Crippen LogP contribution in [0.5, 0.6) is 5.75 Å². The van der Waals surface area contributed by atoms with E-state index in [4.69, 9.17) is 4.74 Å². The van der Waals surface area contributed by atoms with Crippen LogP contribution in [0.3, 0.4) is 0 Å². The monoisotopic (exact) mass is 369 g/mol. The van der Waals surface area contributed by atoms with Crippen molar-refractivity contribution in [1.82, 2.24) is 4.90 Å². The smallest absolute Gasteiger partial charge is 0.223 e. The minimum Gasteiger partial charge on any atom is -0.491 e. The van der Waals surface area contributed by atoms with E-state index in [1.807, 2.05) is 43.0 Å². The third-order valence-electron chi connectivity index (χ3n) is 5.01. The van der Waals surface area contributed by atoms with Crippen LogP contribution in [0.15, 0.2) is 48.5 Å². The molecule has 1 heterocycles. The SMILES string of the molecule is CC(C)Oc1ccc([C@H](CC(=O)N2CCCCC2)c2ccc(F)cc2)cc1. The molecule has 1 aliphatic heterocycles. The van der Waals surface area contributed by atoms with Gasteiger partial charge in [0.1, 0.15) is 11.6 Å². The molecule has 2 aromatic rings. The maximum Gasteiger partial charge on any atom is 0.223 e. The van der Waals surface area contributed by atoms with Gasteiger partial charge in [0.25, 0.3) is 0 Å². The van der Waals surface area contributed by atoms with Crippen LogP contribution in [-0.2, 0) is 4.79 Å². The van der Waals surface area contributed by atoms with E-state index in [0.717, 1.165) is 42.8 Å². The molecule has 1 atom stereocenters. The highest BCUT2D eigenvalue weighted by molar-refractivity contribution is 5.78. The zero-order chi connectivity index (χ0) is 19.2. The number of carbonyl (C=O) groups is 1. The molecule has 0 aromatic heterocycles. The number of ether oxygens (including phenoxy) is 1. The second kappa shape index (κ2) is 9.03. The predicted molar refractivity (Wildman–Crippen MR) is 105 cm³/mol. The summed E-state index contributed by atoms with van der Waals surface area (Å²) in [6, 6.07) is 14.4. The topological polar surface area (TPSA) is 29.5 Å². The van der Waals surface area contributed by atoms with E-state index in [9.17, 15) is 9.18 Å². The highest BCUT2D eigenvalue weighted by Gasteiger charge is 2.23. The Morgan fingerprint density at radius 2 is 1.52 bits per heavy atom. The summed E-state index contributed by atoms with van der Waals surface area (Å²) in [5.74, 6) is 0.633. The van der Waals surface area contributed by atoms with Gasteiger partial charge in [-0.1, -0.05) is 24.3 Å². The van der Waals surface area contributed by atoms with Crippen LogP contribution in [0, 0.1) is 5.82 Å². The van der Waals surface area contributed by atoms with Crippen molar-refractivity contribution in [2.75, 3.05) is 13.1 Å². The number of halogens is 1. The second-order valence-corrected chi connectivity index (χ2v) is 7.49. The Morgan fingerprint density at radius 1 is 0.963 bits per heavy atom. The average molecular weight is 369 g/mol. The summed E-state index contributed by atoms with van der Waals surface area (Å²) in [5.41, 5.74) is 2.00. The molecule has 1 saturated heterocycles. The first kappa shape index (κ1) is 19.4. The van der Waals surface area contributed by atoms with E-state index in [1.165, 1.54) is 18.6 Å².